The molecule has 1 aromatic carbocycles. The third kappa shape index (κ3) is 6.50. The molecule has 188 valence electrons. The van der Waals surface area contributed by atoms with Gasteiger partial charge >= 0.3 is 0 Å². The number of nitrogens with zero attached hydrogens (tertiary/aromatic N) is 4. The molecule has 1 N–H and O–H groups in total. The molecule has 0 unspecified atom stereocenters. The van der Waals surface area contributed by atoms with Crippen molar-refractivity contribution in [3.8, 4) is 11.4 Å². The zero-order chi connectivity index (χ0) is 24.8. The Morgan fingerprint density at radius 3 is 2.71 bits per heavy atom. The summed E-state index contributed by atoms with van der Waals surface area (Å²) >= 11 is 2.92. The van der Waals surface area contributed by atoms with Crippen LogP contribution in [0.1, 0.15) is 18.7 Å². The number of ether oxygens (including phenoxy) is 1. The van der Waals surface area contributed by atoms with Crippen LogP contribution < -0.4 is 5.32 Å². The van der Waals surface area contributed by atoms with Crippen LogP contribution in [0.4, 0.5) is 0 Å². The number of carbonyl (C=O) groups excluding carboxylic acids is 1. The Morgan fingerprint density at radius 2 is 2.00 bits per heavy atom. The van der Waals surface area contributed by atoms with Crippen LogP contribution in [0.15, 0.2) is 51.8 Å². The molecule has 0 saturated carbocycles. The van der Waals surface area contributed by atoms with Crippen molar-refractivity contribution in [3.63, 3.8) is 0 Å². The number of hydrogen-bond donors (Lipinski definition) is 1. The van der Waals surface area contributed by atoms with E-state index in [2.05, 4.69) is 29.4 Å². The maximum atomic E-state index is 13.1. The molecule has 12 heteroatoms. The molecular formula is C23H29N5O4S3. The average molecular weight is 536 g/mol. The topological polar surface area (TPSA) is 106 Å². The van der Waals surface area contributed by atoms with Crippen LogP contribution in [-0.4, -0.2) is 65.5 Å². The van der Waals surface area contributed by atoms with E-state index in [1.807, 2.05) is 28.1 Å². The van der Waals surface area contributed by atoms with Crippen molar-refractivity contribution in [2.24, 2.45) is 5.92 Å². The lowest BCUT2D eigenvalue weighted by Gasteiger charge is -2.26. The monoisotopic (exact) mass is 535 g/mol. The van der Waals surface area contributed by atoms with E-state index in [0.717, 1.165) is 4.88 Å². The van der Waals surface area contributed by atoms with E-state index in [1.54, 1.807) is 29.5 Å². The smallest absolute Gasteiger partial charge is 0.243 e. The number of nitrogens with one attached hydrogen (secondary N) is 1. The Bertz CT molecular complexity index is 1240. The molecule has 0 bridgehead atoms. The normalized spacial score (nSPS) is 14.9. The minimum atomic E-state index is -3.63. The fourth-order valence-electron chi connectivity index (χ4n) is 3.65. The van der Waals surface area contributed by atoms with Crippen molar-refractivity contribution in [3.05, 3.63) is 46.7 Å². The summed E-state index contributed by atoms with van der Waals surface area (Å²) in [5.41, 5.74) is 0.668. The van der Waals surface area contributed by atoms with Crippen LogP contribution in [0, 0.1) is 5.92 Å². The second kappa shape index (κ2) is 11.7. The molecule has 3 heterocycles. The first-order valence-corrected chi connectivity index (χ1v) is 14.7. The Morgan fingerprint density at radius 1 is 1.20 bits per heavy atom. The van der Waals surface area contributed by atoms with E-state index in [1.165, 1.54) is 16.1 Å². The maximum Gasteiger partial charge on any atom is 0.243 e. The van der Waals surface area contributed by atoms with Gasteiger partial charge in [0.05, 0.1) is 30.4 Å². The van der Waals surface area contributed by atoms with E-state index in [9.17, 15) is 13.2 Å². The fourth-order valence-corrected chi connectivity index (χ4v) is 6.53. The molecule has 1 aliphatic rings. The zero-order valence-corrected chi connectivity index (χ0v) is 22.2. The summed E-state index contributed by atoms with van der Waals surface area (Å²) in [6.07, 6.45) is 0. The molecular weight excluding hydrogens is 506 g/mol. The lowest BCUT2D eigenvalue weighted by Crippen LogP contribution is -2.40. The van der Waals surface area contributed by atoms with Crippen LogP contribution >= 0.6 is 23.1 Å². The van der Waals surface area contributed by atoms with Gasteiger partial charge in [-0.05, 0) is 29.5 Å². The molecule has 1 amide bonds. The number of rotatable bonds is 10. The first-order valence-electron chi connectivity index (χ1n) is 11.4. The van der Waals surface area contributed by atoms with Crippen LogP contribution in [0.2, 0.25) is 0 Å². The summed E-state index contributed by atoms with van der Waals surface area (Å²) in [6.45, 7) is 6.78. The molecule has 0 radical (unpaired) electrons. The van der Waals surface area contributed by atoms with Crippen molar-refractivity contribution in [1.29, 1.82) is 0 Å². The predicted octanol–water partition coefficient (Wildman–Crippen LogP) is 3.09. The fraction of sp³-hybridized carbons (Fsp3) is 0.435. The number of sulfonamides is 1. The number of aromatic nitrogens is 3. The van der Waals surface area contributed by atoms with Gasteiger partial charge in [0.15, 0.2) is 11.0 Å². The number of hydrogen-bond acceptors (Lipinski definition) is 8. The number of benzene rings is 1. The second-order valence-corrected chi connectivity index (χ2v) is 12.4. The lowest BCUT2D eigenvalue weighted by molar-refractivity contribution is -0.118. The summed E-state index contributed by atoms with van der Waals surface area (Å²) in [5.74, 6) is 1.02. The van der Waals surface area contributed by atoms with Gasteiger partial charge in [0.2, 0.25) is 15.9 Å². The average Bonchev–Trinajstić information content (AvgIpc) is 3.52. The molecule has 35 heavy (non-hydrogen) atoms. The zero-order valence-electron chi connectivity index (χ0n) is 19.7. The van der Waals surface area contributed by atoms with Crippen LogP contribution in [0.5, 0.6) is 0 Å². The van der Waals surface area contributed by atoms with E-state index >= 15 is 0 Å². The van der Waals surface area contributed by atoms with E-state index in [-0.39, 0.29) is 16.6 Å². The standard InChI is InChI=1S/C23H29N5O4S3/c1-17(2)15-28-22(25-26-23(28)34-16-21(29)24-14-19-6-4-12-33-19)18-5-3-7-20(13-18)35(30,31)27-8-10-32-11-9-27/h3-7,12-13,17H,8-11,14-16H2,1-2H3,(H,24,29). The molecule has 0 aliphatic carbocycles. The number of morpholine rings is 1. The van der Waals surface area contributed by atoms with Crippen molar-refractivity contribution >= 4 is 39.0 Å². The van der Waals surface area contributed by atoms with Gasteiger partial charge in [0, 0.05) is 30.1 Å². The molecule has 4 rings (SSSR count). The SMILES string of the molecule is CC(C)Cn1c(SCC(=O)NCc2cccs2)nnc1-c1cccc(S(=O)(=O)N2CCOCC2)c1. The predicted molar refractivity (Wildman–Crippen MR) is 137 cm³/mol. The van der Waals surface area contributed by atoms with Gasteiger partial charge in [-0.2, -0.15) is 4.31 Å². The van der Waals surface area contributed by atoms with Crippen LogP contribution in [0.25, 0.3) is 11.4 Å². The Labute approximate surface area is 213 Å². The maximum absolute atomic E-state index is 13.1. The van der Waals surface area contributed by atoms with Gasteiger partial charge in [0.25, 0.3) is 0 Å². The minimum absolute atomic E-state index is 0.0809. The van der Waals surface area contributed by atoms with Gasteiger partial charge in [0.1, 0.15) is 0 Å². The summed E-state index contributed by atoms with van der Waals surface area (Å²) in [6, 6.07) is 10.7. The van der Waals surface area contributed by atoms with E-state index in [4.69, 9.17) is 4.74 Å². The Hall–Kier alpha value is -2.25. The number of thiophene rings is 1. The van der Waals surface area contributed by atoms with Gasteiger partial charge in [-0.25, -0.2) is 8.42 Å². The Kier molecular flexibility index (Phi) is 8.60. The molecule has 1 fully saturated rings. The largest absolute Gasteiger partial charge is 0.379 e. The molecule has 1 saturated heterocycles. The number of thioether (sulfide) groups is 1. The highest BCUT2D eigenvalue weighted by atomic mass is 32.2. The van der Waals surface area contributed by atoms with Gasteiger partial charge < -0.3 is 14.6 Å². The van der Waals surface area contributed by atoms with Crippen molar-refractivity contribution in [1.82, 2.24) is 24.4 Å². The second-order valence-electron chi connectivity index (χ2n) is 8.50. The first-order chi connectivity index (χ1) is 16.8. The van der Waals surface area contributed by atoms with Gasteiger partial charge in [-0.1, -0.05) is 43.8 Å². The first kappa shape index (κ1) is 25.8. The van der Waals surface area contributed by atoms with Gasteiger partial charge in [-0.15, -0.1) is 21.5 Å². The third-order valence-electron chi connectivity index (χ3n) is 5.34. The minimum Gasteiger partial charge on any atom is -0.379 e. The van der Waals surface area contributed by atoms with Crippen molar-refractivity contribution in [2.75, 3.05) is 32.1 Å². The highest BCUT2D eigenvalue weighted by Crippen LogP contribution is 2.28. The van der Waals surface area contributed by atoms with Crippen molar-refractivity contribution in [2.45, 2.75) is 37.0 Å². The number of amides is 1. The van der Waals surface area contributed by atoms with E-state index < -0.39 is 10.0 Å². The molecule has 0 atom stereocenters. The summed E-state index contributed by atoms with van der Waals surface area (Å²) in [4.78, 5) is 13.7. The lowest BCUT2D eigenvalue weighted by atomic mass is 10.2. The quantitative estimate of drug-likeness (QED) is 0.398. The summed E-state index contributed by atoms with van der Waals surface area (Å²) < 4.78 is 35.0. The number of carbonyl (C=O) groups is 1. The Balaban J connectivity index is 1.52. The highest BCUT2D eigenvalue weighted by molar-refractivity contribution is 7.99. The molecule has 9 nitrogen and oxygen atoms in total. The van der Waals surface area contributed by atoms with E-state index in [0.29, 0.717) is 61.9 Å². The highest BCUT2D eigenvalue weighted by Gasteiger charge is 2.27. The third-order valence-corrected chi connectivity index (χ3v) is 9.07. The molecule has 1 aliphatic heterocycles. The summed E-state index contributed by atoms with van der Waals surface area (Å²) in [5, 5.41) is 14.2. The molecule has 2 aromatic heterocycles. The molecule has 0 spiro atoms. The van der Waals surface area contributed by atoms with Crippen LogP contribution in [0.3, 0.4) is 0 Å². The molecule has 3 aromatic rings. The van der Waals surface area contributed by atoms with Crippen molar-refractivity contribution < 1.29 is 17.9 Å². The van der Waals surface area contributed by atoms with Crippen LogP contribution in [-0.2, 0) is 32.6 Å². The summed E-state index contributed by atoms with van der Waals surface area (Å²) in [7, 11) is -3.63. The van der Waals surface area contributed by atoms with Gasteiger partial charge in [-0.3, -0.25) is 4.79 Å².